The van der Waals surface area contributed by atoms with E-state index >= 15 is 0 Å². The Morgan fingerprint density at radius 3 is 2.73 bits per heavy atom. The Bertz CT molecular complexity index is 398. The summed E-state index contributed by atoms with van der Waals surface area (Å²) in [6.45, 7) is 12.9. The topological polar surface area (TPSA) is 49.3 Å². The van der Waals surface area contributed by atoms with Gasteiger partial charge >= 0.3 is 0 Å². The van der Waals surface area contributed by atoms with Crippen molar-refractivity contribution in [2.75, 3.05) is 66.2 Å². The fourth-order valence-electron chi connectivity index (χ4n) is 3.85. The second kappa shape index (κ2) is 14.0. The number of hydrogen-bond donors (Lipinski definition) is 1. The summed E-state index contributed by atoms with van der Waals surface area (Å²) in [6, 6.07) is 0.614. The van der Waals surface area contributed by atoms with Gasteiger partial charge in [0.15, 0.2) is 5.96 Å². The van der Waals surface area contributed by atoms with Crippen molar-refractivity contribution in [2.24, 2.45) is 10.9 Å². The van der Waals surface area contributed by atoms with Gasteiger partial charge < -0.3 is 19.7 Å². The molecule has 2 rings (SSSR count). The zero-order valence-electron chi connectivity index (χ0n) is 16.9. The Morgan fingerprint density at radius 1 is 1.15 bits per heavy atom. The van der Waals surface area contributed by atoms with Crippen molar-refractivity contribution in [3.63, 3.8) is 0 Å². The summed E-state index contributed by atoms with van der Waals surface area (Å²) in [5.41, 5.74) is 0. The van der Waals surface area contributed by atoms with Gasteiger partial charge in [-0.05, 0) is 39.3 Å². The van der Waals surface area contributed by atoms with Crippen LogP contribution < -0.4 is 5.32 Å². The molecule has 2 fully saturated rings. The number of likely N-dealkylation sites (N-methyl/N-ethyl adjacent to an activating group) is 1. The van der Waals surface area contributed by atoms with Crippen LogP contribution in [0.5, 0.6) is 0 Å². The fourth-order valence-corrected chi connectivity index (χ4v) is 3.85. The number of methoxy groups -OCH3 is 1. The maximum absolute atomic E-state index is 5.71. The molecule has 154 valence electrons. The fraction of sp³-hybridized carbons (Fsp3) is 0.947. The van der Waals surface area contributed by atoms with Gasteiger partial charge in [-0.3, -0.25) is 9.89 Å². The summed E-state index contributed by atoms with van der Waals surface area (Å²) in [6.07, 6.45) is 5.15. The van der Waals surface area contributed by atoms with E-state index in [1.807, 2.05) is 0 Å². The highest BCUT2D eigenvalue weighted by Gasteiger charge is 2.26. The molecule has 0 aromatic heterocycles. The van der Waals surface area contributed by atoms with Gasteiger partial charge in [0.1, 0.15) is 0 Å². The molecule has 0 aromatic carbocycles. The van der Waals surface area contributed by atoms with E-state index in [2.05, 4.69) is 29.0 Å². The summed E-state index contributed by atoms with van der Waals surface area (Å²) in [5.74, 6) is 1.69. The molecular weight excluding hydrogens is 443 g/mol. The zero-order valence-corrected chi connectivity index (χ0v) is 19.2. The van der Waals surface area contributed by atoms with Gasteiger partial charge in [0.05, 0.1) is 26.4 Å². The third-order valence-corrected chi connectivity index (χ3v) is 5.31. The Morgan fingerprint density at radius 2 is 2.00 bits per heavy atom. The predicted molar refractivity (Wildman–Crippen MR) is 119 cm³/mol. The van der Waals surface area contributed by atoms with Crippen LogP contribution in [0.15, 0.2) is 4.99 Å². The predicted octanol–water partition coefficient (Wildman–Crippen LogP) is 2.43. The second-order valence-electron chi connectivity index (χ2n) is 7.14. The number of aliphatic imine (C=N–C) groups is 1. The molecule has 0 radical (unpaired) electrons. The number of guanidine groups is 1. The van der Waals surface area contributed by atoms with Crippen LogP contribution in [0.25, 0.3) is 0 Å². The van der Waals surface area contributed by atoms with Gasteiger partial charge in [-0.2, -0.15) is 0 Å². The molecule has 0 bridgehead atoms. The first-order valence-electron chi connectivity index (χ1n) is 10.1. The van der Waals surface area contributed by atoms with E-state index in [9.17, 15) is 0 Å². The van der Waals surface area contributed by atoms with E-state index in [4.69, 9.17) is 14.5 Å². The molecule has 2 aliphatic rings. The van der Waals surface area contributed by atoms with Gasteiger partial charge in [-0.1, -0.05) is 13.3 Å². The zero-order chi connectivity index (χ0) is 17.9. The summed E-state index contributed by atoms with van der Waals surface area (Å²) >= 11 is 0. The number of ether oxygens (including phenoxy) is 2. The van der Waals surface area contributed by atoms with Crippen LogP contribution in [0.4, 0.5) is 0 Å². The summed E-state index contributed by atoms with van der Waals surface area (Å²) in [5, 5.41) is 3.49. The largest absolute Gasteiger partial charge is 0.382 e. The van der Waals surface area contributed by atoms with Gasteiger partial charge in [-0.15, -0.1) is 24.0 Å². The van der Waals surface area contributed by atoms with Crippen LogP contribution in [-0.2, 0) is 9.47 Å². The highest BCUT2D eigenvalue weighted by Crippen LogP contribution is 2.19. The highest BCUT2D eigenvalue weighted by atomic mass is 127. The smallest absolute Gasteiger partial charge is 0.193 e. The Hall–Kier alpha value is -0.120. The summed E-state index contributed by atoms with van der Waals surface area (Å²) < 4.78 is 10.7. The number of hydrogen-bond acceptors (Lipinski definition) is 4. The van der Waals surface area contributed by atoms with Crippen molar-refractivity contribution in [3.05, 3.63) is 0 Å². The van der Waals surface area contributed by atoms with Crippen LogP contribution in [0.1, 0.15) is 39.5 Å². The Kier molecular flexibility index (Phi) is 12.8. The number of likely N-dealkylation sites (tertiary alicyclic amines) is 2. The molecule has 1 N–H and O–H groups in total. The Labute approximate surface area is 177 Å². The first kappa shape index (κ1) is 23.9. The van der Waals surface area contributed by atoms with Crippen molar-refractivity contribution in [2.45, 2.75) is 45.6 Å². The van der Waals surface area contributed by atoms with Crippen LogP contribution in [0.2, 0.25) is 0 Å². The van der Waals surface area contributed by atoms with Crippen LogP contribution in [0.3, 0.4) is 0 Å². The van der Waals surface area contributed by atoms with Crippen molar-refractivity contribution in [3.8, 4) is 0 Å². The standard InChI is InChI=1S/C19H38N4O2.HI/c1-4-20-19(21-14-18-8-6-7-10-22(18)5-2)23-11-9-17(15-23)16-25-13-12-24-3;/h17-18H,4-16H2,1-3H3,(H,20,21);1H. The average molecular weight is 482 g/mol. The molecular formula is C19H39IN4O2. The minimum absolute atomic E-state index is 0. The molecule has 2 heterocycles. The van der Waals surface area contributed by atoms with Crippen molar-refractivity contribution >= 4 is 29.9 Å². The summed E-state index contributed by atoms with van der Waals surface area (Å²) in [4.78, 5) is 9.99. The lowest BCUT2D eigenvalue weighted by Gasteiger charge is -2.34. The Balaban J connectivity index is 0.00000338. The third kappa shape index (κ3) is 7.86. The van der Waals surface area contributed by atoms with Crippen LogP contribution >= 0.6 is 24.0 Å². The van der Waals surface area contributed by atoms with E-state index in [1.165, 1.54) is 32.2 Å². The van der Waals surface area contributed by atoms with E-state index < -0.39 is 0 Å². The van der Waals surface area contributed by atoms with Gasteiger partial charge in [0.2, 0.25) is 0 Å². The molecule has 0 aromatic rings. The normalized spacial score (nSPS) is 24.6. The van der Waals surface area contributed by atoms with E-state index in [0.29, 0.717) is 25.2 Å². The van der Waals surface area contributed by atoms with Gasteiger partial charge in [-0.25, -0.2) is 0 Å². The molecule has 2 atom stereocenters. The van der Waals surface area contributed by atoms with E-state index in [1.54, 1.807) is 7.11 Å². The molecule has 0 amide bonds. The minimum atomic E-state index is 0. The molecule has 26 heavy (non-hydrogen) atoms. The highest BCUT2D eigenvalue weighted by molar-refractivity contribution is 14.0. The van der Waals surface area contributed by atoms with Crippen molar-refractivity contribution in [1.29, 1.82) is 0 Å². The number of nitrogens with zero attached hydrogens (tertiary/aromatic N) is 3. The molecule has 2 unspecified atom stereocenters. The number of rotatable bonds is 9. The number of piperidine rings is 1. The molecule has 2 saturated heterocycles. The second-order valence-corrected chi connectivity index (χ2v) is 7.14. The van der Waals surface area contributed by atoms with Gasteiger partial charge in [0.25, 0.3) is 0 Å². The van der Waals surface area contributed by atoms with E-state index in [0.717, 1.165) is 45.3 Å². The lowest BCUT2D eigenvalue weighted by molar-refractivity contribution is 0.0536. The average Bonchev–Trinajstić information content (AvgIpc) is 3.11. The molecule has 7 heteroatoms. The lowest BCUT2D eigenvalue weighted by Crippen LogP contribution is -2.44. The minimum Gasteiger partial charge on any atom is -0.382 e. The molecule has 0 aliphatic carbocycles. The third-order valence-electron chi connectivity index (χ3n) is 5.31. The lowest BCUT2D eigenvalue weighted by atomic mass is 10.0. The maximum atomic E-state index is 5.71. The van der Waals surface area contributed by atoms with Crippen molar-refractivity contribution in [1.82, 2.24) is 15.1 Å². The number of halogens is 1. The molecule has 0 spiro atoms. The SMILES string of the molecule is CCNC(=NCC1CCCCN1CC)N1CCC(COCCOC)C1.I. The first-order valence-corrected chi connectivity index (χ1v) is 10.1. The quantitative estimate of drug-likeness (QED) is 0.237. The van der Waals surface area contributed by atoms with Crippen molar-refractivity contribution < 1.29 is 9.47 Å². The first-order chi connectivity index (χ1) is 12.3. The summed E-state index contributed by atoms with van der Waals surface area (Å²) in [7, 11) is 1.71. The molecule has 6 nitrogen and oxygen atoms in total. The van der Waals surface area contributed by atoms with E-state index in [-0.39, 0.29) is 24.0 Å². The monoisotopic (exact) mass is 482 g/mol. The van der Waals surface area contributed by atoms with Gasteiger partial charge in [0, 0.05) is 38.7 Å². The maximum Gasteiger partial charge on any atom is 0.193 e. The van der Waals surface area contributed by atoms with Crippen LogP contribution in [-0.4, -0.2) is 88.0 Å². The molecule has 0 saturated carbocycles. The van der Waals surface area contributed by atoms with Crippen LogP contribution in [0, 0.1) is 5.92 Å². The molecule has 2 aliphatic heterocycles. The number of nitrogens with one attached hydrogen (secondary N) is 1.